The van der Waals surface area contributed by atoms with Gasteiger partial charge in [0.15, 0.2) is 5.13 Å². The number of nitrogens with one attached hydrogen (secondary N) is 1. The van der Waals surface area contributed by atoms with E-state index < -0.39 is 0 Å². The standard InChI is InChI=1S/C11H10N2OS2/c1-8-4-6-15-9(8)2-3-10(14)13-11-12-5-7-16-11/h2-7H,1H3,(H,12,13,14)/b3-2+. The number of thiazole rings is 1. The topological polar surface area (TPSA) is 42.0 Å². The highest BCUT2D eigenvalue weighted by atomic mass is 32.1. The Labute approximate surface area is 101 Å². The van der Waals surface area contributed by atoms with Crippen LogP contribution in [0, 0.1) is 6.92 Å². The minimum absolute atomic E-state index is 0.150. The van der Waals surface area contributed by atoms with Crippen LogP contribution in [0.15, 0.2) is 29.1 Å². The first-order chi connectivity index (χ1) is 7.75. The van der Waals surface area contributed by atoms with E-state index in [4.69, 9.17) is 0 Å². The zero-order valence-corrected chi connectivity index (χ0v) is 10.3. The zero-order valence-electron chi connectivity index (χ0n) is 8.64. The zero-order chi connectivity index (χ0) is 11.4. The van der Waals surface area contributed by atoms with Gasteiger partial charge in [0.25, 0.3) is 0 Å². The van der Waals surface area contributed by atoms with Gasteiger partial charge in [-0.05, 0) is 30.0 Å². The lowest BCUT2D eigenvalue weighted by molar-refractivity contribution is -0.111. The lowest BCUT2D eigenvalue weighted by Crippen LogP contribution is -2.06. The number of anilines is 1. The number of thiophene rings is 1. The molecule has 3 nitrogen and oxygen atoms in total. The van der Waals surface area contributed by atoms with Crippen LogP contribution >= 0.6 is 22.7 Å². The van der Waals surface area contributed by atoms with E-state index in [0.29, 0.717) is 5.13 Å². The summed E-state index contributed by atoms with van der Waals surface area (Å²) in [5, 5.41) is 7.14. The first-order valence-electron chi connectivity index (χ1n) is 4.68. The maximum atomic E-state index is 11.5. The van der Waals surface area contributed by atoms with Crippen LogP contribution < -0.4 is 5.32 Å². The maximum Gasteiger partial charge on any atom is 0.250 e. The lowest BCUT2D eigenvalue weighted by atomic mass is 10.3. The van der Waals surface area contributed by atoms with Crippen LogP contribution in [-0.2, 0) is 4.79 Å². The summed E-state index contributed by atoms with van der Waals surface area (Å²) in [6, 6.07) is 2.03. The molecule has 2 aromatic heterocycles. The van der Waals surface area contributed by atoms with Crippen molar-refractivity contribution in [3.63, 3.8) is 0 Å². The van der Waals surface area contributed by atoms with E-state index in [1.807, 2.05) is 29.8 Å². The smallest absolute Gasteiger partial charge is 0.250 e. The molecule has 82 valence electrons. The van der Waals surface area contributed by atoms with E-state index in [-0.39, 0.29) is 5.91 Å². The molecule has 0 aromatic carbocycles. The summed E-state index contributed by atoms with van der Waals surface area (Å²) < 4.78 is 0. The third-order valence-corrected chi connectivity index (χ3v) is 3.62. The molecular formula is C11H10N2OS2. The van der Waals surface area contributed by atoms with Crippen molar-refractivity contribution in [2.45, 2.75) is 6.92 Å². The van der Waals surface area contributed by atoms with Crippen molar-refractivity contribution in [3.05, 3.63) is 39.5 Å². The lowest BCUT2D eigenvalue weighted by Gasteiger charge is -1.94. The molecule has 0 unspecified atom stereocenters. The molecule has 1 amide bonds. The fourth-order valence-electron chi connectivity index (χ4n) is 1.14. The number of carbonyl (C=O) groups excluding carboxylic acids is 1. The average Bonchev–Trinajstić information content (AvgIpc) is 2.87. The number of hydrogen-bond acceptors (Lipinski definition) is 4. The number of hydrogen-bond donors (Lipinski definition) is 1. The van der Waals surface area contributed by atoms with Gasteiger partial charge in [-0.15, -0.1) is 22.7 Å². The van der Waals surface area contributed by atoms with Crippen LogP contribution in [-0.4, -0.2) is 10.9 Å². The third-order valence-electron chi connectivity index (χ3n) is 1.95. The Kier molecular flexibility index (Phi) is 3.48. The molecule has 0 radical (unpaired) electrons. The van der Waals surface area contributed by atoms with Gasteiger partial charge in [-0.25, -0.2) is 4.98 Å². The summed E-state index contributed by atoms with van der Waals surface area (Å²) in [4.78, 5) is 16.6. The Bertz CT molecular complexity index is 500. The summed E-state index contributed by atoms with van der Waals surface area (Å²) in [5.41, 5.74) is 1.18. The Balaban J connectivity index is 1.98. The highest BCUT2D eigenvalue weighted by Crippen LogP contribution is 2.17. The second kappa shape index (κ2) is 5.05. The highest BCUT2D eigenvalue weighted by molar-refractivity contribution is 7.13. The minimum atomic E-state index is -0.150. The van der Waals surface area contributed by atoms with Crippen molar-refractivity contribution in [2.24, 2.45) is 0 Å². The monoisotopic (exact) mass is 250 g/mol. The molecule has 2 rings (SSSR count). The van der Waals surface area contributed by atoms with Gasteiger partial charge in [0, 0.05) is 22.5 Å². The molecule has 0 aliphatic rings. The van der Waals surface area contributed by atoms with Gasteiger partial charge in [-0.2, -0.15) is 0 Å². The molecule has 0 spiro atoms. The first kappa shape index (κ1) is 11.0. The van der Waals surface area contributed by atoms with Crippen LogP contribution in [0.25, 0.3) is 6.08 Å². The largest absolute Gasteiger partial charge is 0.298 e. The molecule has 0 atom stereocenters. The Morgan fingerprint density at radius 3 is 2.94 bits per heavy atom. The van der Waals surface area contributed by atoms with Crippen molar-refractivity contribution < 1.29 is 4.79 Å². The normalized spacial score (nSPS) is 10.8. The number of aryl methyl sites for hydroxylation is 1. The molecule has 16 heavy (non-hydrogen) atoms. The number of carbonyl (C=O) groups is 1. The molecule has 0 bridgehead atoms. The van der Waals surface area contributed by atoms with Crippen molar-refractivity contribution >= 4 is 39.8 Å². The quantitative estimate of drug-likeness (QED) is 0.850. The fourth-order valence-corrected chi connectivity index (χ4v) is 2.49. The number of amides is 1. The predicted octanol–water partition coefficient (Wildman–Crippen LogP) is 3.16. The van der Waals surface area contributed by atoms with E-state index in [1.165, 1.54) is 23.0 Å². The molecule has 2 aromatic rings. The summed E-state index contributed by atoms with van der Waals surface area (Å²) >= 11 is 3.02. The minimum Gasteiger partial charge on any atom is -0.298 e. The van der Waals surface area contributed by atoms with Crippen molar-refractivity contribution in [1.82, 2.24) is 4.98 Å². The van der Waals surface area contributed by atoms with Crippen LogP contribution in [0.5, 0.6) is 0 Å². The Hall–Kier alpha value is -1.46. The highest BCUT2D eigenvalue weighted by Gasteiger charge is 2.00. The second-order valence-corrected chi connectivity index (χ2v) is 4.97. The molecule has 1 N–H and O–H groups in total. The molecule has 0 saturated carbocycles. The summed E-state index contributed by atoms with van der Waals surface area (Å²) in [6.07, 6.45) is 5.01. The molecule has 0 fully saturated rings. The third kappa shape index (κ3) is 2.77. The van der Waals surface area contributed by atoms with Gasteiger partial charge < -0.3 is 0 Å². The van der Waals surface area contributed by atoms with E-state index in [1.54, 1.807) is 17.5 Å². The Morgan fingerprint density at radius 1 is 1.44 bits per heavy atom. The van der Waals surface area contributed by atoms with Crippen LogP contribution in [0.3, 0.4) is 0 Å². The second-order valence-electron chi connectivity index (χ2n) is 3.13. The fraction of sp³-hybridized carbons (Fsp3) is 0.0909. The van der Waals surface area contributed by atoms with Gasteiger partial charge in [0.1, 0.15) is 0 Å². The summed E-state index contributed by atoms with van der Waals surface area (Å²) in [5.74, 6) is -0.150. The van der Waals surface area contributed by atoms with E-state index in [0.717, 1.165) is 4.88 Å². The molecule has 2 heterocycles. The van der Waals surface area contributed by atoms with Crippen molar-refractivity contribution in [1.29, 1.82) is 0 Å². The van der Waals surface area contributed by atoms with Gasteiger partial charge in [-0.1, -0.05) is 0 Å². The SMILES string of the molecule is Cc1ccsc1/C=C/C(=O)Nc1nccs1. The number of nitrogens with zero attached hydrogens (tertiary/aromatic N) is 1. The van der Waals surface area contributed by atoms with E-state index in [9.17, 15) is 4.79 Å². The van der Waals surface area contributed by atoms with Crippen molar-refractivity contribution in [3.8, 4) is 0 Å². The molecular weight excluding hydrogens is 240 g/mol. The van der Waals surface area contributed by atoms with Crippen LogP contribution in [0.2, 0.25) is 0 Å². The first-order valence-corrected chi connectivity index (χ1v) is 6.44. The summed E-state index contributed by atoms with van der Waals surface area (Å²) in [6.45, 7) is 2.02. The van der Waals surface area contributed by atoms with Gasteiger partial charge in [-0.3, -0.25) is 10.1 Å². The van der Waals surface area contributed by atoms with Crippen molar-refractivity contribution in [2.75, 3.05) is 5.32 Å². The van der Waals surface area contributed by atoms with Gasteiger partial charge in [0.2, 0.25) is 5.91 Å². The van der Waals surface area contributed by atoms with Crippen LogP contribution in [0.1, 0.15) is 10.4 Å². The number of rotatable bonds is 3. The van der Waals surface area contributed by atoms with Gasteiger partial charge >= 0.3 is 0 Å². The molecule has 0 saturated heterocycles. The van der Waals surface area contributed by atoms with E-state index >= 15 is 0 Å². The maximum absolute atomic E-state index is 11.5. The van der Waals surface area contributed by atoms with E-state index in [2.05, 4.69) is 10.3 Å². The molecule has 5 heteroatoms. The average molecular weight is 250 g/mol. The number of aromatic nitrogens is 1. The molecule has 0 aliphatic heterocycles. The summed E-state index contributed by atoms with van der Waals surface area (Å²) in [7, 11) is 0. The Morgan fingerprint density at radius 2 is 2.31 bits per heavy atom. The molecule has 0 aliphatic carbocycles. The van der Waals surface area contributed by atoms with Crippen LogP contribution in [0.4, 0.5) is 5.13 Å². The predicted molar refractivity (Wildman–Crippen MR) is 68.8 cm³/mol. The van der Waals surface area contributed by atoms with Gasteiger partial charge in [0.05, 0.1) is 0 Å².